The summed E-state index contributed by atoms with van der Waals surface area (Å²) in [5.41, 5.74) is 0. The highest BCUT2D eigenvalue weighted by molar-refractivity contribution is 6.30. The maximum Gasteiger partial charge on any atom is 0.451 e. The summed E-state index contributed by atoms with van der Waals surface area (Å²) in [5, 5.41) is 6.61. The predicted molar refractivity (Wildman–Crippen MR) is 58.7 cm³/mol. The first-order valence-electron chi connectivity index (χ1n) is 4.75. The minimum Gasteiger partial charge on any atom is -0.373 e. The molecule has 96 valence electrons. The number of aromatic nitrogens is 4. The second kappa shape index (κ2) is 4.45. The molecule has 0 unspecified atom stereocenters. The fourth-order valence-corrected chi connectivity index (χ4v) is 1.37. The van der Waals surface area contributed by atoms with Crippen molar-refractivity contribution >= 4 is 17.4 Å². The number of hydrogen-bond donors (Lipinski definition) is 1. The minimum atomic E-state index is -4.63. The van der Waals surface area contributed by atoms with Gasteiger partial charge in [0.05, 0.1) is 17.4 Å². The monoisotopic (exact) mass is 277 g/mol. The quantitative estimate of drug-likeness (QED) is 0.916. The van der Waals surface area contributed by atoms with Crippen LogP contribution >= 0.6 is 11.6 Å². The van der Waals surface area contributed by atoms with Gasteiger partial charge < -0.3 is 5.32 Å². The van der Waals surface area contributed by atoms with E-state index in [4.69, 9.17) is 11.6 Å². The van der Waals surface area contributed by atoms with E-state index in [1.807, 2.05) is 0 Å². The molecule has 0 aromatic carbocycles. The third-order valence-corrected chi connectivity index (χ3v) is 2.20. The lowest BCUT2D eigenvalue weighted by molar-refractivity contribution is -0.144. The lowest BCUT2D eigenvalue weighted by atomic mass is 10.4. The van der Waals surface area contributed by atoms with Crippen LogP contribution in [0.3, 0.4) is 0 Å². The first-order chi connectivity index (χ1) is 8.40. The van der Waals surface area contributed by atoms with Gasteiger partial charge in [0.1, 0.15) is 5.82 Å². The van der Waals surface area contributed by atoms with E-state index in [0.717, 1.165) is 4.68 Å². The Bertz CT molecular complexity index is 566. The lowest BCUT2D eigenvalue weighted by Crippen LogP contribution is -2.14. The van der Waals surface area contributed by atoms with Crippen molar-refractivity contribution in [1.29, 1.82) is 0 Å². The Hall–Kier alpha value is -1.83. The maximum atomic E-state index is 12.6. The summed E-state index contributed by atoms with van der Waals surface area (Å²) in [4.78, 5) is 6.74. The lowest BCUT2D eigenvalue weighted by Gasteiger charge is -2.09. The average molecular weight is 278 g/mol. The van der Waals surface area contributed by atoms with Crippen LogP contribution in [0.15, 0.2) is 18.5 Å². The Morgan fingerprint density at radius 1 is 1.33 bits per heavy atom. The van der Waals surface area contributed by atoms with E-state index >= 15 is 0 Å². The molecule has 1 N–H and O–H groups in total. The molecule has 0 spiro atoms. The largest absolute Gasteiger partial charge is 0.451 e. The highest BCUT2D eigenvalue weighted by Gasteiger charge is 2.35. The van der Waals surface area contributed by atoms with Crippen LogP contribution in [0.2, 0.25) is 5.02 Å². The van der Waals surface area contributed by atoms with Gasteiger partial charge in [-0.15, -0.1) is 0 Å². The van der Waals surface area contributed by atoms with Gasteiger partial charge in [0.2, 0.25) is 5.82 Å². The van der Waals surface area contributed by atoms with E-state index in [1.54, 1.807) is 0 Å². The molecule has 0 atom stereocenters. The normalized spacial score (nSPS) is 11.6. The van der Waals surface area contributed by atoms with E-state index in [9.17, 15) is 13.2 Å². The summed E-state index contributed by atoms with van der Waals surface area (Å²) in [7, 11) is 1.46. The average Bonchev–Trinajstić information content (AvgIpc) is 2.74. The Balaban J connectivity index is 2.54. The van der Waals surface area contributed by atoms with Gasteiger partial charge >= 0.3 is 6.18 Å². The van der Waals surface area contributed by atoms with Crippen molar-refractivity contribution in [3.05, 3.63) is 29.3 Å². The Labute approximate surface area is 105 Å². The molecule has 2 aromatic heterocycles. The van der Waals surface area contributed by atoms with E-state index < -0.39 is 12.0 Å². The standard InChI is InChI=1S/C9H7ClF3N5/c1-14-6-2-7(18-4-5(10)3-15-18)17-8(16-6)9(11,12)13/h2-4H,1H3,(H,14,16,17). The topological polar surface area (TPSA) is 55.6 Å². The summed E-state index contributed by atoms with van der Waals surface area (Å²) < 4.78 is 38.9. The molecule has 18 heavy (non-hydrogen) atoms. The molecule has 2 heterocycles. The summed E-state index contributed by atoms with van der Waals surface area (Å²) >= 11 is 5.65. The molecule has 0 fully saturated rings. The van der Waals surface area contributed by atoms with Crippen LogP contribution in [0.5, 0.6) is 0 Å². The molecule has 0 aliphatic carbocycles. The highest BCUT2D eigenvalue weighted by Crippen LogP contribution is 2.27. The molecule has 2 rings (SSSR count). The summed E-state index contributed by atoms with van der Waals surface area (Å²) in [5.74, 6) is -1.22. The number of rotatable bonds is 2. The van der Waals surface area contributed by atoms with Crippen LogP contribution in [0, 0.1) is 0 Å². The van der Waals surface area contributed by atoms with E-state index in [1.165, 1.54) is 25.5 Å². The van der Waals surface area contributed by atoms with Gasteiger partial charge in [0, 0.05) is 13.1 Å². The summed E-state index contributed by atoms with van der Waals surface area (Å²) in [6.07, 6.45) is -1.97. The number of anilines is 1. The Morgan fingerprint density at radius 3 is 2.56 bits per heavy atom. The molecule has 5 nitrogen and oxygen atoms in total. The molecule has 0 radical (unpaired) electrons. The molecule has 2 aromatic rings. The number of nitrogens with one attached hydrogen (secondary N) is 1. The highest BCUT2D eigenvalue weighted by atomic mass is 35.5. The summed E-state index contributed by atoms with van der Waals surface area (Å²) in [6.45, 7) is 0. The van der Waals surface area contributed by atoms with Gasteiger partial charge in [-0.25, -0.2) is 14.6 Å². The Kier molecular flexibility index (Phi) is 3.12. The van der Waals surface area contributed by atoms with Gasteiger partial charge in [-0.05, 0) is 0 Å². The summed E-state index contributed by atoms with van der Waals surface area (Å²) in [6, 6.07) is 1.33. The van der Waals surface area contributed by atoms with E-state index in [-0.39, 0.29) is 11.6 Å². The number of nitrogens with zero attached hydrogens (tertiary/aromatic N) is 4. The van der Waals surface area contributed by atoms with Crippen molar-refractivity contribution < 1.29 is 13.2 Å². The van der Waals surface area contributed by atoms with Crippen LogP contribution in [0.4, 0.5) is 19.0 Å². The van der Waals surface area contributed by atoms with E-state index in [0.29, 0.717) is 5.02 Å². The molecule has 9 heteroatoms. The molecule has 0 aliphatic rings. The van der Waals surface area contributed by atoms with Gasteiger partial charge in [0.25, 0.3) is 0 Å². The molecular formula is C9H7ClF3N5. The predicted octanol–water partition coefficient (Wildman–Crippen LogP) is 2.38. The maximum absolute atomic E-state index is 12.6. The third kappa shape index (κ3) is 2.53. The van der Waals surface area contributed by atoms with Crippen molar-refractivity contribution in [3.63, 3.8) is 0 Å². The number of halogens is 4. The fraction of sp³-hybridized carbons (Fsp3) is 0.222. The van der Waals surface area contributed by atoms with E-state index in [2.05, 4.69) is 20.4 Å². The van der Waals surface area contributed by atoms with Gasteiger partial charge in [-0.1, -0.05) is 11.6 Å². The first-order valence-corrected chi connectivity index (χ1v) is 5.12. The van der Waals surface area contributed by atoms with Crippen LogP contribution in [-0.2, 0) is 6.18 Å². The van der Waals surface area contributed by atoms with Gasteiger partial charge in [-0.2, -0.15) is 18.3 Å². The molecule has 0 saturated carbocycles. The molecule has 0 bridgehead atoms. The first kappa shape index (κ1) is 12.6. The van der Waals surface area contributed by atoms with Crippen LogP contribution in [0.25, 0.3) is 5.82 Å². The zero-order chi connectivity index (χ0) is 13.3. The van der Waals surface area contributed by atoms with Crippen LogP contribution in [0.1, 0.15) is 5.82 Å². The van der Waals surface area contributed by atoms with Crippen molar-refractivity contribution in [1.82, 2.24) is 19.7 Å². The van der Waals surface area contributed by atoms with Crippen LogP contribution in [-0.4, -0.2) is 26.8 Å². The third-order valence-electron chi connectivity index (χ3n) is 2.01. The molecular weight excluding hydrogens is 271 g/mol. The van der Waals surface area contributed by atoms with Crippen molar-refractivity contribution in [2.24, 2.45) is 0 Å². The van der Waals surface area contributed by atoms with Crippen molar-refractivity contribution in [2.45, 2.75) is 6.18 Å². The van der Waals surface area contributed by atoms with Crippen molar-refractivity contribution in [2.75, 3.05) is 12.4 Å². The zero-order valence-corrected chi connectivity index (χ0v) is 9.79. The second-order valence-corrected chi connectivity index (χ2v) is 3.72. The zero-order valence-electron chi connectivity index (χ0n) is 9.03. The Morgan fingerprint density at radius 2 is 2.06 bits per heavy atom. The second-order valence-electron chi connectivity index (χ2n) is 3.29. The molecule has 0 saturated heterocycles. The van der Waals surface area contributed by atoms with Gasteiger partial charge in [0.15, 0.2) is 5.82 Å². The fourth-order valence-electron chi connectivity index (χ4n) is 1.23. The van der Waals surface area contributed by atoms with Crippen LogP contribution < -0.4 is 5.32 Å². The number of alkyl halides is 3. The smallest absolute Gasteiger partial charge is 0.373 e. The van der Waals surface area contributed by atoms with Crippen molar-refractivity contribution in [3.8, 4) is 5.82 Å². The SMILES string of the molecule is CNc1cc(-n2cc(Cl)cn2)nc(C(F)(F)F)n1. The minimum absolute atomic E-state index is 0.0198. The molecule has 0 amide bonds. The molecule has 0 aliphatic heterocycles. The van der Waals surface area contributed by atoms with Gasteiger partial charge in [-0.3, -0.25) is 0 Å². The number of hydrogen-bond acceptors (Lipinski definition) is 4.